The number of likely N-dealkylation sites (tertiary alicyclic amines) is 1. The zero-order valence-corrected chi connectivity index (χ0v) is 36.0. The number of amides is 1. The zero-order valence-electron chi connectivity index (χ0n) is 36.0. The highest BCUT2D eigenvalue weighted by molar-refractivity contribution is 5.92. The van der Waals surface area contributed by atoms with Crippen LogP contribution in [0.1, 0.15) is 116 Å². The van der Waals surface area contributed by atoms with Crippen LogP contribution >= 0.6 is 0 Å². The minimum atomic E-state index is -0.707. The van der Waals surface area contributed by atoms with Gasteiger partial charge in [-0.1, -0.05) is 96.8 Å². The summed E-state index contributed by atoms with van der Waals surface area (Å²) in [4.78, 5) is 32.1. The number of imidazole rings is 2. The van der Waals surface area contributed by atoms with Crippen molar-refractivity contribution in [3.63, 3.8) is 0 Å². The van der Waals surface area contributed by atoms with Crippen molar-refractivity contribution in [3.8, 4) is 39.5 Å². The fraction of sp³-hybridized carbons (Fsp3) is 0.449. The average molecular weight is 812 g/mol. The first-order valence-corrected chi connectivity index (χ1v) is 21.8. The lowest BCUT2D eigenvalue weighted by molar-refractivity contribution is -0.134. The standard InChI is InChI=1S/C49H61N7O4/c1-8-9-16-36(49(6,7)44(58)29(4)30(5)57)45-51-26-37(53-45)32-19-21-39-34(23-32)24-41-35-20-18-33(25-42(35)60-48(56(39)41)31-14-11-10-12-15-31)38-27-52-46(54-38)40-17-13-22-55(40)47(59)43(50)28(2)3/h10-12,14-15,18-21,23-30,36,40,43-44,48,57-58H,8-9,13,16-17,22,50H2,1-7H3,(H,51,53)(H,52,54). The Labute approximate surface area is 353 Å². The number of ether oxygens (including phenoxy) is 1. The van der Waals surface area contributed by atoms with Crippen molar-refractivity contribution in [3.05, 3.63) is 102 Å². The van der Waals surface area contributed by atoms with Gasteiger partial charge in [0.2, 0.25) is 12.1 Å². The van der Waals surface area contributed by atoms with Crippen LogP contribution in [0.4, 0.5) is 0 Å². The van der Waals surface area contributed by atoms with Gasteiger partial charge in [-0.2, -0.15) is 0 Å². The fourth-order valence-electron chi connectivity index (χ4n) is 9.39. The third kappa shape index (κ3) is 7.56. The highest BCUT2D eigenvalue weighted by Gasteiger charge is 2.42. The van der Waals surface area contributed by atoms with Gasteiger partial charge in [0, 0.05) is 51.4 Å². The maximum atomic E-state index is 13.3. The molecule has 11 nitrogen and oxygen atoms in total. The van der Waals surface area contributed by atoms with E-state index in [9.17, 15) is 15.0 Å². The minimum Gasteiger partial charge on any atom is -0.465 e. The van der Waals surface area contributed by atoms with E-state index in [-0.39, 0.29) is 29.7 Å². The van der Waals surface area contributed by atoms with Crippen LogP contribution in [0.25, 0.3) is 44.7 Å². The molecule has 3 aromatic heterocycles. The molecule has 6 aromatic rings. The van der Waals surface area contributed by atoms with Gasteiger partial charge in [-0.15, -0.1) is 0 Å². The van der Waals surface area contributed by atoms with E-state index in [0.717, 1.165) is 99.7 Å². The maximum Gasteiger partial charge on any atom is 0.240 e. The lowest BCUT2D eigenvalue weighted by atomic mass is 9.68. The number of aromatic nitrogens is 5. The summed E-state index contributed by atoms with van der Waals surface area (Å²) in [5, 5.41) is 22.9. The van der Waals surface area contributed by atoms with E-state index in [1.807, 2.05) is 56.3 Å². The van der Waals surface area contributed by atoms with Crippen LogP contribution in [0.3, 0.4) is 0 Å². The highest BCUT2D eigenvalue weighted by atomic mass is 16.5. The van der Waals surface area contributed by atoms with Gasteiger partial charge >= 0.3 is 0 Å². The number of rotatable bonds is 14. The Morgan fingerprint density at radius 2 is 1.67 bits per heavy atom. The minimum absolute atomic E-state index is 0.0213. The molecule has 7 unspecified atom stereocenters. The summed E-state index contributed by atoms with van der Waals surface area (Å²) < 4.78 is 9.23. The molecule has 1 saturated heterocycles. The maximum absolute atomic E-state index is 13.3. The summed E-state index contributed by atoms with van der Waals surface area (Å²) in [6, 6.07) is 24.7. The smallest absolute Gasteiger partial charge is 0.240 e. The molecule has 0 radical (unpaired) electrons. The molecule has 6 N–H and O–H groups in total. The monoisotopic (exact) mass is 811 g/mol. The topological polar surface area (TPSA) is 158 Å². The van der Waals surface area contributed by atoms with E-state index in [1.165, 1.54) is 0 Å². The van der Waals surface area contributed by atoms with Crippen molar-refractivity contribution in [2.24, 2.45) is 23.0 Å². The Morgan fingerprint density at radius 3 is 2.40 bits per heavy atom. The van der Waals surface area contributed by atoms with E-state index in [2.05, 4.69) is 89.9 Å². The fourth-order valence-corrected chi connectivity index (χ4v) is 9.39. The van der Waals surface area contributed by atoms with Crippen molar-refractivity contribution in [2.75, 3.05) is 6.54 Å². The normalized spacial score (nSPS) is 19.1. The average Bonchev–Trinajstić information content (AvgIpc) is 4.08. The summed E-state index contributed by atoms with van der Waals surface area (Å²) in [6.45, 7) is 14.7. The van der Waals surface area contributed by atoms with E-state index in [1.54, 1.807) is 6.92 Å². The molecule has 11 heteroatoms. The lowest BCUT2D eigenvalue weighted by Gasteiger charge is -2.41. The van der Waals surface area contributed by atoms with Gasteiger partial charge in [0.05, 0.1) is 59.3 Å². The number of unbranched alkanes of at least 4 members (excludes halogenated alkanes) is 1. The van der Waals surface area contributed by atoms with E-state index in [4.69, 9.17) is 20.4 Å². The second-order valence-electron chi connectivity index (χ2n) is 18.1. The number of nitrogens with one attached hydrogen (secondary N) is 2. The summed E-state index contributed by atoms with van der Waals surface area (Å²) in [5.41, 5.74) is 13.7. The predicted octanol–water partition coefficient (Wildman–Crippen LogP) is 9.35. The Bertz CT molecular complexity index is 2450. The van der Waals surface area contributed by atoms with Crippen LogP contribution in [-0.4, -0.2) is 70.3 Å². The number of fused-ring (bicyclic) bond motifs is 5. The number of hydrogen-bond acceptors (Lipinski definition) is 7. The Balaban J connectivity index is 1.13. The van der Waals surface area contributed by atoms with Crippen LogP contribution in [0, 0.1) is 17.3 Å². The summed E-state index contributed by atoms with van der Waals surface area (Å²) in [7, 11) is 0. The zero-order chi connectivity index (χ0) is 42.5. The predicted molar refractivity (Wildman–Crippen MR) is 237 cm³/mol. The van der Waals surface area contributed by atoms with Crippen LogP contribution in [0.5, 0.6) is 5.75 Å². The van der Waals surface area contributed by atoms with E-state index < -0.39 is 29.9 Å². The molecule has 2 aliphatic rings. The number of nitrogens with zero attached hydrogens (tertiary/aromatic N) is 4. The quantitative estimate of drug-likeness (QED) is 0.0734. The molecule has 0 bridgehead atoms. The second-order valence-corrected chi connectivity index (χ2v) is 18.1. The van der Waals surface area contributed by atoms with Crippen LogP contribution in [-0.2, 0) is 4.79 Å². The number of aliphatic hydroxyl groups is 2. The highest BCUT2D eigenvalue weighted by Crippen LogP contribution is 2.47. The SMILES string of the molecule is CCCCC(c1ncc(-c2ccc3c(c2)cc2n3C(c3ccccc3)Oc3cc(-c4cnc(C5CCCN5C(=O)C(N)C(C)C)[nH]4)ccc3-2)[nH]1)C(C)(C)C(O)C(C)C(C)O. The molecule has 0 spiro atoms. The van der Waals surface area contributed by atoms with Crippen molar-refractivity contribution in [2.45, 2.75) is 117 Å². The van der Waals surface area contributed by atoms with Gasteiger partial charge in [-0.25, -0.2) is 9.97 Å². The molecule has 1 fully saturated rings. The van der Waals surface area contributed by atoms with Crippen LogP contribution in [0.15, 0.2) is 85.2 Å². The first-order valence-electron chi connectivity index (χ1n) is 21.8. The second kappa shape index (κ2) is 16.7. The molecule has 1 amide bonds. The summed E-state index contributed by atoms with van der Waals surface area (Å²) >= 11 is 0. The van der Waals surface area contributed by atoms with Gasteiger partial charge < -0.3 is 40.1 Å². The molecular formula is C49H61N7O4. The molecular weight excluding hydrogens is 751 g/mol. The molecule has 8 rings (SSSR count). The third-order valence-corrected chi connectivity index (χ3v) is 13.4. The largest absolute Gasteiger partial charge is 0.465 e. The molecule has 60 heavy (non-hydrogen) atoms. The molecule has 0 aliphatic carbocycles. The molecule has 7 atom stereocenters. The summed E-state index contributed by atoms with van der Waals surface area (Å²) in [5.74, 6) is 2.14. The Morgan fingerprint density at radius 1 is 0.950 bits per heavy atom. The number of hydrogen-bond donors (Lipinski definition) is 5. The third-order valence-electron chi connectivity index (χ3n) is 13.4. The Kier molecular flexibility index (Phi) is 11.5. The molecule has 2 aliphatic heterocycles. The van der Waals surface area contributed by atoms with Gasteiger partial charge in [0.15, 0.2) is 0 Å². The Hall–Kier alpha value is -5.23. The van der Waals surface area contributed by atoms with E-state index in [0.29, 0.717) is 6.54 Å². The van der Waals surface area contributed by atoms with Crippen LogP contribution < -0.4 is 10.5 Å². The van der Waals surface area contributed by atoms with Crippen molar-refractivity contribution in [1.82, 2.24) is 29.4 Å². The van der Waals surface area contributed by atoms with Crippen molar-refractivity contribution in [1.29, 1.82) is 0 Å². The number of aliphatic hydroxyl groups excluding tert-OH is 2. The molecule has 0 saturated carbocycles. The first kappa shape index (κ1) is 41.5. The molecule has 5 heterocycles. The number of benzene rings is 3. The van der Waals surface area contributed by atoms with Gasteiger partial charge in [0.1, 0.15) is 17.4 Å². The number of carbonyl (C=O) groups excluding carboxylic acids is 1. The first-order chi connectivity index (χ1) is 28.8. The van der Waals surface area contributed by atoms with Gasteiger partial charge in [-0.05, 0) is 62.4 Å². The van der Waals surface area contributed by atoms with Gasteiger partial charge in [-0.3, -0.25) is 4.79 Å². The van der Waals surface area contributed by atoms with Crippen LogP contribution in [0.2, 0.25) is 0 Å². The number of H-pyrrole nitrogens is 2. The lowest BCUT2D eigenvalue weighted by Crippen LogP contribution is -2.46. The molecule has 316 valence electrons. The number of nitrogens with two attached hydrogens (primary N) is 1. The van der Waals surface area contributed by atoms with Crippen molar-refractivity contribution >= 4 is 16.8 Å². The summed E-state index contributed by atoms with van der Waals surface area (Å²) in [6.07, 6.45) is 6.71. The molecule has 3 aromatic carbocycles. The van der Waals surface area contributed by atoms with E-state index >= 15 is 0 Å². The van der Waals surface area contributed by atoms with Crippen molar-refractivity contribution < 1.29 is 19.7 Å². The number of carbonyl (C=O) groups is 1. The number of aromatic amines is 2. The van der Waals surface area contributed by atoms with Gasteiger partial charge in [0.25, 0.3) is 0 Å².